The second-order valence-corrected chi connectivity index (χ2v) is 7.55. The molecule has 0 aliphatic carbocycles. The van der Waals surface area contributed by atoms with E-state index in [4.69, 9.17) is 0 Å². The Hall–Kier alpha value is -0.410. The van der Waals surface area contributed by atoms with Crippen molar-refractivity contribution in [2.75, 3.05) is 39.3 Å². The smallest absolute Gasteiger partial charge is 0.136 e. The predicted octanol–water partition coefficient (Wildman–Crippen LogP) is 3.19. The van der Waals surface area contributed by atoms with Crippen molar-refractivity contribution < 1.29 is 4.79 Å². The molecule has 2 saturated heterocycles. The van der Waals surface area contributed by atoms with Crippen LogP contribution in [0.25, 0.3) is 0 Å². The Bertz CT molecular complexity index is 322. The third-order valence-electron chi connectivity index (χ3n) is 5.69. The largest absolute Gasteiger partial charge is 0.303 e. The summed E-state index contributed by atoms with van der Waals surface area (Å²) in [6.07, 6.45) is 7.52. The molecule has 0 atom stereocenters. The van der Waals surface area contributed by atoms with Gasteiger partial charge in [0.1, 0.15) is 5.78 Å². The second-order valence-electron chi connectivity index (χ2n) is 7.55. The minimum Gasteiger partial charge on any atom is -0.303 e. The Balaban J connectivity index is 1.70. The van der Waals surface area contributed by atoms with Crippen LogP contribution in [0, 0.1) is 11.3 Å². The Kier molecular flexibility index (Phi) is 6.24. The molecule has 0 unspecified atom stereocenters. The number of hydrogen-bond donors (Lipinski definition) is 0. The van der Waals surface area contributed by atoms with Gasteiger partial charge >= 0.3 is 0 Å². The minimum absolute atomic E-state index is 0.198. The van der Waals surface area contributed by atoms with Gasteiger partial charge in [-0.15, -0.1) is 0 Å². The first-order valence-corrected chi connectivity index (χ1v) is 9.02. The van der Waals surface area contributed by atoms with Crippen LogP contribution in [0.5, 0.6) is 0 Å². The van der Waals surface area contributed by atoms with E-state index in [2.05, 4.69) is 16.7 Å². The summed E-state index contributed by atoms with van der Waals surface area (Å²) in [6.45, 7) is 13.6. The second kappa shape index (κ2) is 7.73. The lowest BCUT2D eigenvalue weighted by atomic mass is 9.71. The molecule has 0 N–H and O–H groups in total. The molecule has 3 heteroatoms. The summed E-state index contributed by atoms with van der Waals surface area (Å²) in [5.74, 6) is 0.618. The van der Waals surface area contributed by atoms with Crippen LogP contribution in [0.3, 0.4) is 0 Å². The normalized spacial score (nSPS) is 23.8. The maximum atomic E-state index is 11.7. The number of rotatable bonds is 6. The van der Waals surface area contributed by atoms with Gasteiger partial charge in [-0.2, -0.15) is 0 Å². The van der Waals surface area contributed by atoms with Crippen molar-refractivity contribution >= 4 is 5.78 Å². The fraction of sp³-hybridized carbons (Fsp3) is 0.944. The van der Waals surface area contributed by atoms with E-state index in [1.165, 1.54) is 64.8 Å². The monoisotopic (exact) mass is 294 g/mol. The molecular formula is C18H34N2O. The lowest BCUT2D eigenvalue weighted by Crippen LogP contribution is -2.47. The number of hydrogen-bond acceptors (Lipinski definition) is 3. The molecule has 2 aliphatic heterocycles. The lowest BCUT2D eigenvalue weighted by molar-refractivity contribution is -0.122. The summed E-state index contributed by atoms with van der Waals surface area (Å²) >= 11 is 0. The van der Waals surface area contributed by atoms with Gasteiger partial charge in [0.05, 0.1) is 0 Å². The lowest BCUT2D eigenvalue weighted by Gasteiger charge is -2.47. The number of piperidine rings is 2. The number of Topliss-reactive ketones (excluding diaryl/α,β-unsaturated/α-hetero) is 1. The highest BCUT2D eigenvalue weighted by Gasteiger charge is 2.37. The Morgan fingerprint density at radius 2 is 1.43 bits per heavy atom. The van der Waals surface area contributed by atoms with Gasteiger partial charge < -0.3 is 9.80 Å². The molecule has 2 heterocycles. The maximum absolute atomic E-state index is 11.7. The highest BCUT2D eigenvalue weighted by atomic mass is 16.1. The fourth-order valence-corrected chi connectivity index (χ4v) is 3.88. The van der Waals surface area contributed by atoms with Crippen molar-refractivity contribution in [1.29, 1.82) is 0 Å². The van der Waals surface area contributed by atoms with E-state index >= 15 is 0 Å². The molecule has 21 heavy (non-hydrogen) atoms. The zero-order chi connectivity index (χ0) is 15.3. The van der Waals surface area contributed by atoms with Gasteiger partial charge in [-0.1, -0.05) is 20.8 Å². The van der Waals surface area contributed by atoms with Crippen molar-refractivity contribution in [2.45, 2.75) is 59.3 Å². The van der Waals surface area contributed by atoms with E-state index in [0.29, 0.717) is 11.2 Å². The maximum Gasteiger partial charge on any atom is 0.136 e. The zero-order valence-corrected chi connectivity index (χ0v) is 14.4. The molecule has 2 fully saturated rings. The van der Waals surface area contributed by atoms with Gasteiger partial charge in [0.25, 0.3) is 0 Å². The van der Waals surface area contributed by atoms with E-state index < -0.39 is 0 Å². The molecular weight excluding hydrogens is 260 g/mol. The van der Waals surface area contributed by atoms with Crippen molar-refractivity contribution in [3.8, 4) is 0 Å². The van der Waals surface area contributed by atoms with Crippen molar-refractivity contribution in [3.05, 3.63) is 0 Å². The average molecular weight is 294 g/mol. The van der Waals surface area contributed by atoms with Crippen LogP contribution in [0.2, 0.25) is 0 Å². The Labute approximate surface area is 131 Å². The van der Waals surface area contributed by atoms with Gasteiger partial charge in [-0.3, -0.25) is 4.79 Å². The first-order chi connectivity index (χ1) is 10.0. The molecule has 0 aromatic heterocycles. The highest BCUT2D eigenvalue weighted by molar-refractivity contribution is 5.80. The van der Waals surface area contributed by atoms with Gasteiger partial charge in [-0.25, -0.2) is 0 Å². The van der Waals surface area contributed by atoms with Crippen molar-refractivity contribution in [3.63, 3.8) is 0 Å². The van der Waals surface area contributed by atoms with Crippen LogP contribution < -0.4 is 0 Å². The van der Waals surface area contributed by atoms with Crippen LogP contribution in [0.1, 0.15) is 59.3 Å². The quantitative estimate of drug-likeness (QED) is 0.751. The molecule has 0 amide bonds. The highest BCUT2D eigenvalue weighted by Crippen LogP contribution is 2.41. The Morgan fingerprint density at radius 1 is 0.952 bits per heavy atom. The zero-order valence-electron chi connectivity index (χ0n) is 14.4. The van der Waals surface area contributed by atoms with E-state index in [0.717, 1.165) is 13.0 Å². The topological polar surface area (TPSA) is 23.6 Å². The molecule has 0 aromatic carbocycles. The number of carbonyl (C=O) groups is 1. The van der Waals surface area contributed by atoms with E-state index in [1.54, 1.807) is 0 Å². The molecule has 122 valence electrons. The van der Waals surface area contributed by atoms with Gasteiger partial charge in [-0.05, 0) is 70.2 Å². The van der Waals surface area contributed by atoms with E-state index in [9.17, 15) is 4.79 Å². The SMILES string of the molecule is CCCN1CCC2(CC1)CCN(CCC(=O)C(C)C)CC2. The molecule has 0 aromatic rings. The van der Waals surface area contributed by atoms with E-state index in [-0.39, 0.29) is 5.92 Å². The summed E-state index contributed by atoms with van der Waals surface area (Å²) in [5.41, 5.74) is 0.628. The van der Waals surface area contributed by atoms with Crippen LogP contribution in [-0.2, 0) is 4.79 Å². The van der Waals surface area contributed by atoms with Gasteiger partial charge in [0, 0.05) is 18.9 Å². The summed E-state index contributed by atoms with van der Waals surface area (Å²) in [4.78, 5) is 16.9. The third kappa shape index (κ3) is 4.79. The van der Waals surface area contributed by atoms with Crippen LogP contribution in [-0.4, -0.2) is 54.9 Å². The minimum atomic E-state index is 0.198. The summed E-state index contributed by atoms with van der Waals surface area (Å²) in [5, 5.41) is 0. The Morgan fingerprint density at radius 3 is 1.86 bits per heavy atom. The fourth-order valence-electron chi connectivity index (χ4n) is 3.88. The predicted molar refractivity (Wildman–Crippen MR) is 88.5 cm³/mol. The molecule has 0 saturated carbocycles. The number of likely N-dealkylation sites (tertiary alicyclic amines) is 2. The first kappa shape index (κ1) is 17.0. The standard InChI is InChI=1S/C18H34N2O/c1-4-10-19-12-6-18(7-13-19)8-14-20(15-9-18)11-5-17(21)16(2)3/h16H,4-15H2,1-3H3. The van der Waals surface area contributed by atoms with E-state index in [1.807, 2.05) is 13.8 Å². The van der Waals surface area contributed by atoms with Crippen LogP contribution >= 0.6 is 0 Å². The van der Waals surface area contributed by atoms with Crippen molar-refractivity contribution in [1.82, 2.24) is 9.80 Å². The molecule has 0 bridgehead atoms. The first-order valence-electron chi connectivity index (χ1n) is 9.02. The number of nitrogens with zero attached hydrogens (tertiary/aromatic N) is 2. The van der Waals surface area contributed by atoms with Crippen molar-refractivity contribution in [2.24, 2.45) is 11.3 Å². The third-order valence-corrected chi connectivity index (χ3v) is 5.69. The summed E-state index contributed by atoms with van der Waals surface area (Å²) < 4.78 is 0. The van der Waals surface area contributed by atoms with Crippen LogP contribution in [0.15, 0.2) is 0 Å². The van der Waals surface area contributed by atoms with Crippen LogP contribution in [0.4, 0.5) is 0 Å². The molecule has 0 radical (unpaired) electrons. The number of carbonyl (C=O) groups excluding carboxylic acids is 1. The average Bonchev–Trinajstić information content (AvgIpc) is 2.49. The molecule has 1 spiro atoms. The van der Waals surface area contributed by atoms with Gasteiger partial charge in [0.15, 0.2) is 0 Å². The number of ketones is 1. The summed E-state index contributed by atoms with van der Waals surface area (Å²) in [7, 11) is 0. The molecule has 2 rings (SSSR count). The summed E-state index contributed by atoms with van der Waals surface area (Å²) in [6, 6.07) is 0. The molecule has 3 nitrogen and oxygen atoms in total. The van der Waals surface area contributed by atoms with Gasteiger partial charge in [0.2, 0.25) is 0 Å². The molecule has 2 aliphatic rings.